The molecule has 0 aliphatic carbocycles. The third-order valence-electron chi connectivity index (χ3n) is 2.29. The Kier molecular flexibility index (Phi) is 6.35. The smallest absolute Gasteiger partial charge is 0.288 e. The number of carbonyl (C=O) groups excluding carboxylic acids is 1. The van der Waals surface area contributed by atoms with Gasteiger partial charge in [-0.1, -0.05) is 30.0 Å². The molecule has 1 unspecified atom stereocenters. The van der Waals surface area contributed by atoms with Crippen molar-refractivity contribution in [2.24, 2.45) is 0 Å². The van der Waals surface area contributed by atoms with E-state index in [-0.39, 0.29) is 5.91 Å². The van der Waals surface area contributed by atoms with Gasteiger partial charge in [-0.25, -0.2) is 0 Å². The fraction of sp³-hybridized carbons (Fsp3) is 0.308. The Morgan fingerprint density at radius 3 is 2.79 bits per heavy atom. The molecule has 1 rings (SSSR count). The first kappa shape index (κ1) is 15.5. The predicted molar refractivity (Wildman–Crippen MR) is 74.6 cm³/mol. The summed E-state index contributed by atoms with van der Waals surface area (Å²) in [5.74, 6) is -2.70. The lowest BCUT2D eigenvalue weighted by atomic mass is 10.2. The van der Waals surface area contributed by atoms with Crippen molar-refractivity contribution in [2.45, 2.75) is 23.6 Å². The number of alkyl halides is 2. The van der Waals surface area contributed by atoms with E-state index < -0.39 is 11.8 Å². The number of nitrogens with one attached hydrogen (secondary N) is 2. The van der Waals surface area contributed by atoms with Crippen LogP contribution < -0.4 is 10.6 Å². The van der Waals surface area contributed by atoms with Gasteiger partial charge in [0.2, 0.25) is 5.91 Å². The summed E-state index contributed by atoms with van der Waals surface area (Å²) in [6.45, 7) is 5.54. The summed E-state index contributed by atoms with van der Waals surface area (Å²) >= 11 is 0.453. The van der Waals surface area contributed by atoms with E-state index in [1.54, 1.807) is 37.3 Å². The Bertz CT molecular complexity index is 440. The van der Waals surface area contributed by atoms with E-state index in [1.807, 2.05) is 0 Å². The molecule has 6 heteroatoms. The molecule has 1 aromatic rings. The topological polar surface area (TPSA) is 41.1 Å². The molecule has 1 amide bonds. The van der Waals surface area contributed by atoms with E-state index in [1.165, 1.54) is 0 Å². The molecule has 1 aromatic carbocycles. The molecule has 0 aliphatic rings. The van der Waals surface area contributed by atoms with Gasteiger partial charge in [0.1, 0.15) is 6.04 Å². The summed E-state index contributed by atoms with van der Waals surface area (Å²) in [6.07, 6.45) is 1.57. The molecule has 0 spiro atoms. The first-order valence-electron chi connectivity index (χ1n) is 5.73. The lowest BCUT2D eigenvalue weighted by Gasteiger charge is -2.17. The molecule has 19 heavy (non-hydrogen) atoms. The second-order valence-electron chi connectivity index (χ2n) is 3.77. The van der Waals surface area contributed by atoms with Gasteiger partial charge in [0.15, 0.2) is 0 Å². The summed E-state index contributed by atoms with van der Waals surface area (Å²) in [4.78, 5) is 12.1. The molecule has 0 radical (unpaired) electrons. The molecule has 0 saturated heterocycles. The van der Waals surface area contributed by atoms with Gasteiger partial charge < -0.3 is 10.6 Å². The predicted octanol–water partition coefficient (Wildman–Crippen LogP) is 3.10. The van der Waals surface area contributed by atoms with Crippen LogP contribution in [0.5, 0.6) is 0 Å². The molecular weight excluding hydrogens is 270 g/mol. The highest BCUT2D eigenvalue weighted by Gasteiger charge is 2.15. The third-order valence-corrected chi connectivity index (χ3v) is 3.08. The normalized spacial score (nSPS) is 12.0. The average Bonchev–Trinajstić information content (AvgIpc) is 2.37. The second kappa shape index (κ2) is 7.78. The van der Waals surface area contributed by atoms with Crippen molar-refractivity contribution in [3.63, 3.8) is 0 Å². The minimum atomic E-state index is -2.49. The van der Waals surface area contributed by atoms with Gasteiger partial charge in [-0.05, 0) is 19.1 Å². The number of hydrogen-bond acceptors (Lipinski definition) is 3. The van der Waals surface area contributed by atoms with E-state index in [0.717, 1.165) is 0 Å². The van der Waals surface area contributed by atoms with Gasteiger partial charge in [-0.15, -0.1) is 6.58 Å². The number of para-hydroxylation sites is 1. The Labute approximate surface area is 115 Å². The van der Waals surface area contributed by atoms with E-state index in [9.17, 15) is 13.6 Å². The number of thioether (sulfide) groups is 1. The van der Waals surface area contributed by atoms with E-state index in [2.05, 4.69) is 17.2 Å². The van der Waals surface area contributed by atoms with E-state index in [4.69, 9.17) is 0 Å². The summed E-state index contributed by atoms with van der Waals surface area (Å²) in [5, 5.41) is 5.56. The van der Waals surface area contributed by atoms with Crippen LogP contribution in [-0.2, 0) is 4.79 Å². The highest BCUT2D eigenvalue weighted by Crippen LogP contribution is 2.31. The van der Waals surface area contributed by atoms with Gasteiger partial charge >= 0.3 is 0 Å². The lowest BCUT2D eigenvalue weighted by Crippen LogP contribution is -2.37. The first-order valence-corrected chi connectivity index (χ1v) is 6.61. The zero-order valence-corrected chi connectivity index (χ0v) is 11.3. The molecule has 0 saturated carbocycles. The Morgan fingerprint density at radius 1 is 1.47 bits per heavy atom. The number of rotatable bonds is 7. The molecular formula is C13H16F2N2OS. The number of amides is 1. The number of carbonyl (C=O) groups is 1. The van der Waals surface area contributed by atoms with Gasteiger partial charge in [-0.3, -0.25) is 4.79 Å². The van der Waals surface area contributed by atoms with Crippen molar-refractivity contribution in [1.29, 1.82) is 0 Å². The number of halogens is 2. The molecule has 3 nitrogen and oxygen atoms in total. The fourth-order valence-electron chi connectivity index (χ4n) is 1.41. The minimum Gasteiger partial charge on any atom is -0.373 e. The largest absolute Gasteiger partial charge is 0.373 e. The van der Waals surface area contributed by atoms with Crippen LogP contribution in [-0.4, -0.2) is 24.3 Å². The number of hydrogen-bond donors (Lipinski definition) is 2. The van der Waals surface area contributed by atoms with Crippen LogP contribution in [0.25, 0.3) is 0 Å². The second-order valence-corrected chi connectivity index (χ2v) is 4.81. The molecule has 0 fully saturated rings. The van der Waals surface area contributed by atoms with Crippen molar-refractivity contribution in [3.05, 3.63) is 36.9 Å². The molecule has 1 atom stereocenters. The maximum atomic E-state index is 12.4. The summed E-state index contributed by atoms with van der Waals surface area (Å²) in [7, 11) is 0. The van der Waals surface area contributed by atoms with Crippen molar-refractivity contribution < 1.29 is 13.6 Å². The van der Waals surface area contributed by atoms with Crippen LogP contribution >= 0.6 is 11.8 Å². The number of anilines is 1. The maximum Gasteiger partial charge on any atom is 0.288 e. The molecule has 2 N–H and O–H groups in total. The molecule has 0 aliphatic heterocycles. The zero-order valence-electron chi connectivity index (χ0n) is 10.5. The summed E-state index contributed by atoms with van der Waals surface area (Å²) in [6, 6.07) is 6.15. The van der Waals surface area contributed by atoms with Crippen LogP contribution in [0.1, 0.15) is 6.92 Å². The van der Waals surface area contributed by atoms with Crippen LogP contribution in [0.3, 0.4) is 0 Å². The van der Waals surface area contributed by atoms with Crippen LogP contribution in [0, 0.1) is 0 Å². The van der Waals surface area contributed by atoms with Crippen LogP contribution in [0.4, 0.5) is 14.5 Å². The quantitative estimate of drug-likeness (QED) is 0.598. The summed E-state index contributed by atoms with van der Waals surface area (Å²) in [5.41, 5.74) is 0.522. The molecule has 0 aromatic heterocycles. The fourth-order valence-corrected chi connectivity index (χ4v) is 2.01. The third kappa shape index (κ3) is 5.30. The number of benzene rings is 1. The lowest BCUT2D eigenvalue weighted by molar-refractivity contribution is -0.121. The van der Waals surface area contributed by atoms with Crippen LogP contribution in [0.2, 0.25) is 0 Å². The van der Waals surface area contributed by atoms with Gasteiger partial charge in [0, 0.05) is 17.1 Å². The molecule has 104 valence electrons. The highest BCUT2D eigenvalue weighted by atomic mass is 32.2. The SMILES string of the molecule is C=CCNC(=O)C(C)Nc1ccccc1SC(F)F. The highest BCUT2D eigenvalue weighted by molar-refractivity contribution is 7.99. The van der Waals surface area contributed by atoms with Crippen molar-refractivity contribution in [1.82, 2.24) is 5.32 Å². The van der Waals surface area contributed by atoms with E-state index in [0.29, 0.717) is 28.9 Å². The molecule has 0 bridgehead atoms. The molecule has 0 heterocycles. The Hall–Kier alpha value is -1.56. The van der Waals surface area contributed by atoms with Gasteiger partial charge in [0.25, 0.3) is 5.76 Å². The van der Waals surface area contributed by atoms with Gasteiger partial charge in [0.05, 0.1) is 0 Å². The van der Waals surface area contributed by atoms with Crippen LogP contribution in [0.15, 0.2) is 41.8 Å². The minimum absolute atomic E-state index is 0.211. The average molecular weight is 286 g/mol. The zero-order chi connectivity index (χ0) is 14.3. The van der Waals surface area contributed by atoms with E-state index >= 15 is 0 Å². The standard InChI is InChI=1S/C13H16F2N2OS/c1-3-8-16-12(18)9(2)17-10-6-4-5-7-11(10)19-13(14)15/h3-7,9,13,17H,1,8H2,2H3,(H,16,18). The summed E-state index contributed by atoms with van der Waals surface area (Å²) < 4.78 is 24.8. The Balaban J connectivity index is 2.70. The monoisotopic (exact) mass is 286 g/mol. The van der Waals surface area contributed by atoms with Gasteiger partial charge in [-0.2, -0.15) is 8.78 Å². The maximum absolute atomic E-state index is 12.4. The van der Waals surface area contributed by atoms with Crippen molar-refractivity contribution >= 4 is 23.4 Å². The van der Waals surface area contributed by atoms with Crippen molar-refractivity contribution in [2.75, 3.05) is 11.9 Å². The Morgan fingerprint density at radius 2 is 2.16 bits per heavy atom. The first-order chi connectivity index (χ1) is 9.04. The van der Waals surface area contributed by atoms with Crippen molar-refractivity contribution in [3.8, 4) is 0 Å².